The Morgan fingerprint density at radius 3 is 2.68 bits per heavy atom. The largest absolute Gasteiger partial charge is 0.493 e. The number of thiazole rings is 1. The van der Waals surface area contributed by atoms with Gasteiger partial charge in [0.15, 0.2) is 23.2 Å². The number of ether oxygens (including phenoxy) is 2. The van der Waals surface area contributed by atoms with Gasteiger partial charge in [0, 0.05) is 17.0 Å². The normalized spacial score (nSPS) is 10.7. The molecule has 1 amide bonds. The maximum Gasteiger partial charge on any atom is 0.250 e. The van der Waals surface area contributed by atoms with Gasteiger partial charge in [0.1, 0.15) is 6.07 Å². The molecule has 1 N–H and O–H groups in total. The number of hydrogen-bond donors (Lipinski definition) is 1. The molecule has 0 fully saturated rings. The van der Waals surface area contributed by atoms with E-state index in [4.69, 9.17) is 14.7 Å². The van der Waals surface area contributed by atoms with Crippen LogP contribution in [-0.4, -0.2) is 24.6 Å². The van der Waals surface area contributed by atoms with Crippen molar-refractivity contribution in [1.82, 2.24) is 4.98 Å². The van der Waals surface area contributed by atoms with Crippen molar-refractivity contribution in [1.29, 1.82) is 5.26 Å². The first-order valence-corrected chi connectivity index (χ1v) is 10.5. The highest BCUT2D eigenvalue weighted by atomic mass is 32.1. The summed E-state index contributed by atoms with van der Waals surface area (Å²) in [4.78, 5) is 16.9. The molecule has 6 nitrogen and oxygen atoms in total. The molecular formula is C24H23N3O3S. The highest BCUT2D eigenvalue weighted by Gasteiger charge is 2.10. The lowest BCUT2D eigenvalue weighted by atomic mass is 9.99. The second kappa shape index (κ2) is 9.92. The van der Waals surface area contributed by atoms with Gasteiger partial charge in [-0.3, -0.25) is 10.1 Å². The van der Waals surface area contributed by atoms with Gasteiger partial charge in [-0.05, 0) is 67.3 Å². The van der Waals surface area contributed by atoms with E-state index in [1.54, 1.807) is 24.3 Å². The van der Waals surface area contributed by atoms with Gasteiger partial charge in [0.25, 0.3) is 0 Å². The summed E-state index contributed by atoms with van der Waals surface area (Å²) in [5.74, 6) is 0.690. The Hall–Kier alpha value is -3.63. The van der Waals surface area contributed by atoms with E-state index in [2.05, 4.69) is 43.2 Å². The lowest BCUT2D eigenvalue weighted by molar-refractivity contribution is -0.111. The monoisotopic (exact) mass is 433 g/mol. The minimum Gasteiger partial charge on any atom is -0.493 e. The van der Waals surface area contributed by atoms with Crippen molar-refractivity contribution in [3.8, 4) is 28.8 Å². The highest BCUT2D eigenvalue weighted by Crippen LogP contribution is 2.30. The van der Waals surface area contributed by atoms with Gasteiger partial charge in [-0.1, -0.05) is 12.1 Å². The van der Waals surface area contributed by atoms with Crippen LogP contribution in [0.15, 0.2) is 41.8 Å². The number of methoxy groups -OCH3 is 1. The van der Waals surface area contributed by atoms with Crippen LogP contribution in [0.2, 0.25) is 0 Å². The third-order valence-electron chi connectivity index (χ3n) is 4.76. The number of nitrogens with one attached hydrogen (secondary N) is 1. The lowest BCUT2D eigenvalue weighted by Crippen LogP contribution is -2.07. The smallest absolute Gasteiger partial charge is 0.250 e. The average Bonchev–Trinajstić information content (AvgIpc) is 3.21. The van der Waals surface area contributed by atoms with Crippen LogP contribution in [0.25, 0.3) is 17.3 Å². The summed E-state index contributed by atoms with van der Waals surface area (Å²) in [6, 6.07) is 11.4. The number of hydrogen-bond acceptors (Lipinski definition) is 6. The summed E-state index contributed by atoms with van der Waals surface area (Å²) < 4.78 is 10.6. The third-order valence-corrected chi connectivity index (χ3v) is 5.52. The summed E-state index contributed by atoms with van der Waals surface area (Å²) in [5, 5.41) is 13.9. The van der Waals surface area contributed by atoms with Crippen LogP contribution >= 0.6 is 11.3 Å². The Morgan fingerprint density at radius 2 is 1.94 bits per heavy atom. The van der Waals surface area contributed by atoms with Crippen LogP contribution < -0.4 is 14.8 Å². The fraction of sp³-hybridized carbons (Fsp3) is 0.208. The molecule has 0 spiro atoms. The molecule has 158 valence electrons. The molecule has 3 aromatic rings. The minimum atomic E-state index is -0.276. The van der Waals surface area contributed by atoms with E-state index in [1.807, 2.05) is 11.4 Å². The predicted octanol–water partition coefficient (Wildman–Crippen LogP) is 5.30. The van der Waals surface area contributed by atoms with E-state index in [0.29, 0.717) is 16.6 Å². The number of rotatable bonds is 7. The van der Waals surface area contributed by atoms with Crippen molar-refractivity contribution in [3.05, 3.63) is 64.0 Å². The zero-order chi connectivity index (χ0) is 22.4. The van der Waals surface area contributed by atoms with Crippen LogP contribution in [0.4, 0.5) is 5.13 Å². The van der Waals surface area contributed by atoms with Crippen molar-refractivity contribution in [2.45, 2.75) is 20.8 Å². The van der Waals surface area contributed by atoms with E-state index in [0.717, 1.165) is 22.4 Å². The first-order valence-electron chi connectivity index (χ1n) is 9.62. The van der Waals surface area contributed by atoms with Crippen molar-refractivity contribution >= 4 is 28.5 Å². The molecular weight excluding hydrogens is 410 g/mol. The fourth-order valence-corrected chi connectivity index (χ4v) is 3.74. The van der Waals surface area contributed by atoms with E-state index < -0.39 is 0 Å². The quantitative estimate of drug-likeness (QED) is 0.511. The molecule has 0 atom stereocenters. The topological polar surface area (TPSA) is 84.2 Å². The fourth-order valence-electron chi connectivity index (χ4n) is 3.03. The molecule has 0 bridgehead atoms. The predicted molar refractivity (Wildman–Crippen MR) is 124 cm³/mol. The summed E-state index contributed by atoms with van der Waals surface area (Å²) in [7, 11) is 1.52. The Kier molecular flexibility index (Phi) is 7.06. The summed E-state index contributed by atoms with van der Waals surface area (Å²) in [6.07, 6.45) is 3.11. The maximum atomic E-state index is 12.3. The molecule has 0 saturated carbocycles. The first kappa shape index (κ1) is 22.1. The Balaban J connectivity index is 1.69. The van der Waals surface area contributed by atoms with E-state index in [9.17, 15) is 4.79 Å². The number of carbonyl (C=O) groups excluding carboxylic acids is 1. The van der Waals surface area contributed by atoms with Gasteiger partial charge in [-0.15, -0.1) is 11.3 Å². The summed E-state index contributed by atoms with van der Waals surface area (Å²) in [5.41, 5.74) is 6.30. The van der Waals surface area contributed by atoms with Crippen LogP contribution in [0.1, 0.15) is 22.3 Å². The number of aromatic nitrogens is 1. The Bertz CT molecular complexity index is 1180. The number of aryl methyl sites for hydroxylation is 3. The maximum absolute atomic E-state index is 12.3. The van der Waals surface area contributed by atoms with Gasteiger partial charge in [0.2, 0.25) is 5.91 Å². The number of benzene rings is 2. The molecule has 1 heterocycles. The van der Waals surface area contributed by atoms with E-state index >= 15 is 0 Å². The number of nitrogens with zero attached hydrogens (tertiary/aromatic N) is 2. The van der Waals surface area contributed by atoms with Crippen LogP contribution in [0, 0.1) is 32.1 Å². The number of amides is 1. The zero-order valence-corrected chi connectivity index (χ0v) is 18.7. The standard InChI is InChI=1S/C24H23N3O3S/c1-15-11-17(3)19(12-16(15)2)20-14-31-24(26-20)27-23(28)8-6-18-5-7-21(30-10-9-25)22(13-18)29-4/h5-8,11-14H,10H2,1-4H3,(H,26,27,28)/b8-6+. The van der Waals surface area contributed by atoms with E-state index in [-0.39, 0.29) is 12.5 Å². The molecule has 31 heavy (non-hydrogen) atoms. The lowest BCUT2D eigenvalue weighted by Gasteiger charge is -2.08. The molecule has 0 unspecified atom stereocenters. The van der Waals surface area contributed by atoms with Crippen molar-refractivity contribution < 1.29 is 14.3 Å². The molecule has 0 radical (unpaired) electrons. The summed E-state index contributed by atoms with van der Waals surface area (Å²) >= 11 is 1.39. The zero-order valence-electron chi connectivity index (χ0n) is 17.9. The van der Waals surface area contributed by atoms with Gasteiger partial charge in [-0.25, -0.2) is 4.98 Å². The SMILES string of the molecule is COc1cc(/C=C/C(=O)Nc2nc(-c3cc(C)c(C)cc3C)cs2)ccc1OCC#N. The van der Waals surface area contributed by atoms with Gasteiger partial charge >= 0.3 is 0 Å². The molecule has 0 saturated heterocycles. The van der Waals surface area contributed by atoms with Gasteiger partial charge < -0.3 is 9.47 Å². The second-order valence-corrected chi connectivity index (χ2v) is 7.83. The van der Waals surface area contributed by atoms with Crippen LogP contribution in [-0.2, 0) is 4.79 Å². The molecule has 0 aliphatic carbocycles. The van der Waals surface area contributed by atoms with Crippen LogP contribution in [0.5, 0.6) is 11.5 Å². The molecule has 0 aliphatic heterocycles. The second-order valence-electron chi connectivity index (χ2n) is 6.97. The average molecular weight is 434 g/mol. The van der Waals surface area contributed by atoms with Crippen LogP contribution in [0.3, 0.4) is 0 Å². The number of anilines is 1. The van der Waals surface area contributed by atoms with Crippen molar-refractivity contribution in [3.63, 3.8) is 0 Å². The van der Waals surface area contributed by atoms with Crippen molar-refractivity contribution in [2.75, 3.05) is 19.0 Å². The van der Waals surface area contributed by atoms with E-state index in [1.165, 1.54) is 35.6 Å². The molecule has 0 aliphatic rings. The molecule has 2 aromatic carbocycles. The molecule has 3 rings (SSSR count). The molecule has 7 heteroatoms. The third kappa shape index (κ3) is 5.50. The van der Waals surface area contributed by atoms with Gasteiger partial charge in [0.05, 0.1) is 12.8 Å². The Labute approximate surface area is 185 Å². The number of carbonyl (C=O) groups is 1. The number of nitriles is 1. The summed E-state index contributed by atoms with van der Waals surface area (Å²) in [6.45, 7) is 6.17. The Morgan fingerprint density at radius 1 is 1.16 bits per heavy atom. The molecule has 1 aromatic heterocycles. The highest BCUT2D eigenvalue weighted by molar-refractivity contribution is 7.14. The minimum absolute atomic E-state index is 0.0641. The first-order chi connectivity index (χ1) is 14.9. The van der Waals surface area contributed by atoms with Crippen molar-refractivity contribution in [2.24, 2.45) is 0 Å². The van der Waals surface area contributed by atoms with Gasteiger partial charge in [-0.2, -0.15) is 5.26 Å².